The van der Waals surface area contributed by atoms with Gasteiger partial charge in [-0.25, -0.2) is 0 Å². The van der Waals surface area contributed by atoms with E-state index in [1.165, 1.54) is 4.88 Å². The molecular formula is C12H17N3OS. The van der Waals surface area contributed by atoms with Crippen LogP contribution < -0.4 is 5.32 Å². The highest BCUT2D eigenvalue weighted by molar-refractivity contribution is 7.09. The highest BCUT2D eigenvalue weighted by atomic mass is 32.1. The molecule has 0 radical (unpaired) electrons. The van der Waals surface area contributed by atoms with Crippen LogP contribution in [0.25, 0.3) is 0 Å². The van der Waals surface area contributed by atoms with E-state index in [-0.39, 0.29) is 0 Å². The normalized spacial score (nSPS) is 14.8. The summed E-state index contributed by atoms with van der Waals surface area (Å²) in [6, 6.07) is 4.11. The van der Waals surface area contributed by atoms with Gasteiger partial charge in [-0.1, -0.05) is 6.07 Å². The molecule has 2 rings (SSSR count). The zero-order chi connectivity index (χ0) is 12.3. The predicted octanol–water partition coefficient (Wildman–Crippen LogP) is 1.48. The van der Waals surface area contributed by atoms with Crippen LogP contribution >= 0.6 is 11.3 Å². The molecule has 17 heavy (non-hydrogen) atoms. The Morgan fingerprint density at radius 1 is 1.59 bits per heavy atom. The van der Waals surface area contributed by atoms with Crippen LogP contribution in [0.2, 0.25) is 0 Å². The maximum Gasteiger partial charge on any atom is 0.102 e. The van der Waals surface area contributed by atoms with Crippen LogP contribution in [0.3, 0.4) is 0 Å². The Morgan fingerprint density at radius 2 is 2.41 bits per heavy atom. The van der Waals surface area contributed by atoms with E-state index in [2.05, 4.69) is 21.9 Å². The van der Waals surface area contributed by atoms with Gasteiger partial charge in [0.2, 0.25) is 0 Å². The summed E-state index contributed by atoms with van der Waals surface area (Å²) in [6.07, 6.45) is 3.54. The van der Waals surface area contributed by atoms with Gasteiger partial charge in [0.25, 0.3) is 0 Å². The van der Waals surface area contributed by atoms with Crippen LogP contribution in [0.4, 0.5) is 0 Å². The Hall–Kier alpha value is -1.17. The van der Waals surface area contributed by atoms with Gasteiger partial charge in [0, 0.05) is 36.8 Å². The molecule has 0 bridgehead atoms. The minimum Gasteiger partial charge on any atom is -0.384 e. The quantitative estimate of drug-likeness (QED) is 0.846. The number of hydrogen-bond acceptors (Lipinski definition) is 4. The molecule has 0 aromatic carbocycles. The molecule has 1 atom stereocenters. The molecule has 0 aliphatic carbocycles. The number of rotatable bonds is 5. The molecule has 2 aromatic rings. The second-order valence-corrected chi connectivity index (χ2v) is 5.39. The first kappa shape index (κ1) is 12.3. The van der Waals surface area contributed by atoms with Crippen molar-refractivity contribution in [3.05, 3.63) is 40.3 Å². The number of nitrogens with zero attached hydrogens (tertiary/aromatic N) is 2. The van der Waals surface area contributed by atoms with Crippen molar-refractivity contribution in [1.29, 1.82) is 0 Å². The van der Waals surface area contributed by atoms with Gasteiger partial charge in [-0.05, 0) is 18.4 Å². The van der Waals surface area contributed by atoms with Crippen LogP contribution in [0.15, 0.2) is 29.9 Å². The number of nitrogens with one attached hydrogen (secondary N) is 1. The zero-order valence-electron chi connectivity index (χ0n) is 10.1. The third-order valence-electron chi connectivity index (χ3n) is 2.68. The number of aliphatic hydroxyl groups is 1. The van der Waals surface area contributed by atoms with E-state index in [4.69, 9.17) is 0 Å². The van der Waals surface area contributed by atoms with Crippen molar-refractivity contribution in [2.75, 3.05) is 6.54 Å². The minimum absolute atomic E-state index is 0.511. The van der Waals surface area contributed by atoms with Crippen molar-refractivity contribution in [3.8, 4) is 0 Å². The van der Waals surface area contributed by atoms with Crippen LogP contribution in [-0.2, 0) is 19.2 Å². The van der Waals surface area contributed by atoms with E-state index in [1.54, 1.807) is 29.1 Å². The second kappa shape index (κ2) is 5.00. The summed E-state index contributed by atoms with van der Waals surface area (Å²) in [6.45, 7) is 3.09. The van der Waals surface area contributed by atoms with Gasteiger partial charge in [-0.15, -0.1) is 11.3 Å². The van der Waals surface area contributed by atoms with Crippen molar-refractivity contribution in [2.24, 2.45) is 7.05 Å². The Balaban J connectivity index is 1.89. The monoisotopic (exact) mass is 251 g/mol. The molecule has 0 fully saturated rings. The lowest BCUT2D eigenvalue weighted by Gasteiger charge is -2.22. The number of aromatic nitrogens is 2. The van der Waals surface area contributed by atoms with Gasteiger partial charge in [0.05, 0.1) is 6.20 Å². The van der Waals surface area contributed by atoms with Crippen LogP contribution in [0.1, 0.15) is 17.4 Å². The SMILES string of the molecule is Cn1cc(C(C)(O)CNCc2cccs2)cn1. The largest absolute Gasteiger partial charge is 0.384 e. The first-order valence-corrected chi connectivity index (χ1v) is 6.40. The minimum atomic E-state index is -0.883. The molecule has 2 aromatic heterocycles. The fraction of sp³-hybridized carbons (Fsp3) is 0.417. The Morgan fingerprint density at radius 3 is 3.00 bits per heavy atom. The van der Waals surface area contributed by atoms with E-state index in [0.717, 1.165) is 12.1 Å². The van der Waals surface area contributed by atoms with E-state index >= 15 is 0 Å². The predicted molar refractivity (Wildman–Crippen MR) is 68.8 cm³/mol. The van der Waals surface area contributed by atoms with Crippen LogP contribution in [0, 0.1) is 0 Å². The summed E-state index contributed by atoms with van der Waals surface area (Å²) in [4.78, 5) is 1.27. The molecule has 0 aliphatic heterocycles. The van der Waals surface area contributed by atoms with Crippen molar-refractivity contribution < 1.29 is 5.11 Å². The average Bonchev–Trinajstić information content (AvgIpc) is 2.89. The van der Waals surface area contributed by atoms with E-state index < -0.39 is 5.60 Å². The highest BCUT2D eigenvalue weighted by Crippen LogP contribution is 2.18. The molecule has 2 heterocycles. The summed E-state index contributed by atoms with van der Waals surface area (Å²) in [5.74, 6) is 0. The van der Waals surface area contributed by atoms with Gasteiger partial charge < -0.3 is 10.4 Å². The Kier molecular flexibility index (Phi) is 3.61. The van der Waals surface area contributed by atoms with Crippen LogP contribution in [0.5, 0.6) is 0 Å². The van der Waals surface area contributed by atoms with Gasteiger partial charge in [0.15, 0.2) is 0 Å². The molecule has 2 N–H and O–H groups in total. The third kappa shape index (κ3) is 3.15. The second-order valence-electron chi connectivity index (χ2n) is 4.36. The molecule has 1 unspecified atom stereocenters. The zero-order valence-corrected chi connectivity index (χ0v) is 10.9. The summed E-state index contributed by atoms with van der Waals surface area (Å²) in [5, 5.41) is 19.7. The fourth-order valence-corrected chi connectivity index (χ4v) is 2.32. The van der Waals surface area contributed by atoms with E-state index in [9.17, 15) is 5.11 Å². The van der Waals surface area contributed by atoms with E-state index in [1.807, 2.05) is 19.3 Å². The van der Waals surface area contributed by atoms with Gasteiger partial charge in [-0.3, -0.25) is 4.68 Å². The van der Waals surface area contributed by atoms with Crippen molar-refractivity contribution >= 4 is 11.3 Å². The lowest BCUT2D eigenvalue weighted by Crippen LogP contribution is -2.34. The topological polar surface area (TPSA) is 50.1 Å². The molecule has 0 saturated heterocycles. The molecular weight excluding hydrogens is 234 g/mol. The molecule has 0 spiro atoms. The third-order valence-corrected chi connectivity index (χ3v) is 3.55. The van der Waals surface area contributed by atoms with Crippen molar-refractivity contribution in [3.63, 3.8) is 0 Å². The molecule has 0 aliphatic rings. The fourth-order valence-electron chi connectivity index (χ4n) is 1.64. The summed E-state index contributed by atoms with van der Waals surface area (Å²) in [5.41, 5.74) is -0.0513. The number of thiophene rings is 1. The first-order chi connectivity index (χ1) is 8.08. The maximum atomic E-state index is 10.3. The maximum absolute atomic E-state index is 10.3. The highest BCUT2D eigenvalue weighted by Gasteiger charge is 2.23. The van der Waals surface area contributed by atoms with Gasteiger partial charge >= 0.3 is 0 Å². The number of hydrogen-bond donors (Lipinski definition) is 2. The number of aryl methyl sites for hydroxylation is 1. The lowest BCUT2D eigenvalue weighted by atomic mass is 10.00. The molecule has 0 saturated carbocycles. The average molecular weight is 251 g/mol. The summed E-state index contributed by atoms with van der Waals surface area (Å²) >= 11 is 1.71. The lowest BCUT2D eigenvalue weighted by molar-refractivity contribution is 0.0566. The van der Waals surface area contributed by atoms with Crippen LogP contribution in [-0.4, -0.2) is 21.4 Å². The summed E-state index contributed by atoms with van der Waals surface area (Å²) in [7, 11) is 1.85. The Labute approximate surface area is 105 Å². The molecule has 0 amide bonds. The van der Waals surface area contributed by atoms with Gasteiger partial charge in [-0.2, -0.15) is 5.10 Å². The summed E-state index contributed by atoms with van der Waals surface area (Å²) < 4.78 is 1.70. The standard InChI is InChI=1S/C12H17N3OS/c1-12(16,10-6-14-15(2)8-10)9-13-7-11-4-3-5-17-11/h3-6,8,13,16H,7,9H2,1-2H3. The molecule has 4 nitrogen and oxygen atoms in total. The first-order valence-electron chi connectivity index (χ1n) is 5.52. The smallest absolute Gasteiger partial charge is 0.102 e. The van der Waals surface area contributed by atoms with Gasteiger partial charge in [0.1, 0.15) is 5.60 Å². The molecule has 92 valence electrons. The molecule has 5 heteroatoms. The van der Waals surface area contributed by atoms with E-state index in [0.29, 0.717) is 6.54 Å². The van der Waals surface area contributed by atoms with Crippen molar-refractivity contribution in [1.82, 2.24) is 15.1 Å². The van der Waals surface area contributed by atoms with Crippen molar-refractivity contribution in [2.45, 2.75) is 19.1 Å². The Bertz CT molecular complexity index is 462.